The van der Waals surface area contributed by atoms with Crippen LogP contribution >= 0.6 is 11.8 Å². The average Bonchev–Trinajstić information content (AvgIpc) is 2.25. The highest BCUT2D eigenvalue weighted by Crippen LogP contribution is 2.12. The van der Waals surface area contributed by atoms with E-state index in [0.29, 0.717) is 30.8 Å². The highest BCUT2D eigenvalue weighted by atomic mass is 32.2. The van der Waals surface area contributed by atoms with Crippen LogP contribution < -0.4 is 0 Å². The summed E-state index contributed by atoms with van der Waals surface area (Å²) in [5.74, 6) is 1.39. The molecule has 15 heavy (non-hydrogen) atoms. The van der Waals surface area contributed by atoms with Gasteiger partial charge in [-0.15, -0.1) is 0 Å². The van der Waals surface area contributed by atoms with Crippen molar-refractivity contribution in [2.75, 3.05) is 32.1 Å². The van der Waals surface area contributed by atoms with Crippen molar-refractivity contribution in [3.05, 3.63) is 0 Å². The summed E-state index contributed by atoms with van der Waals surface area (Å²) in [7, 11) is 0. The Morgan fingerprint density at radius 3 is 2.67 bits per heavy atom. The van der Waals surface area contributed by atoms with Crippen molar-refractivity contribution < 1.29 is 9.53 Å². The molecule has 1 heterocycles. The average molecular weight is 231 g/mol. The first kappa shape index (κ1) is 12.8. The second-order valence-electron chi connectivity index (χ2n) is 4.02. The van der Waals surface area contributed by atoms with Crippen LogP contribution in [0.1, 0.15) is 26.7 Å². The Kier molecular flexibility index (Phi) is 6.10. The molecule has 1 fully saturated rings. The summed E-state index contributed by atoms with van der Waals surface area (Å²) in [6.07, 6.45) is 1.69. The van der Waals surface area contributed by atoms with Gasteiger partial charge >= 0.3 is 0 Å². The van der Waals surface area contributed by atoms with E-state index in [1.807, 2.05) is 16.7 Å². The Labute approximate surface area is 96.5 Å². The predicted molar refractivity (Wildman–Crippen MR) is 64.2 cm³/mol. The molecule has 0 aliphatic carbocycles. The third kappa shape index (κ3) is 5.42. The number of amides is 1. The minimum atomic E-state index is 0.294. The fraction of sp³-hybridized carbons (Fsp3) is 0.909. The van der Waals surface area contributed by atoms with Crippen LogP contribution in [-0.2, 0) is 9.53 Å². The van der Waals surface area contributed by atoms with Crippen LogP contribution in [0, 0.1) is 0 Å². The Morgan fingerprint density at radius 2 is 2.07 bits per heavy atom. The Balaban J connectivity index is 2.07. The third-order valence-corrected chi connectivity index (χ3v) is 3.54. The molecule has 0 aromatic rings. The van der Waals surface area contributed by atoms with E-state index in [9.17, 15) is 4.79 Å². The number of thioether (sulfide) groups is 1. The molecule has 1 saturated heterocycles. The quantitative estimate of drug-likeness (QED) is 0.675. The molecule has 3 nitrogen and oxygen atoms in total. The molecule has 1 amide bonds. The highest BCUT2D eigenvalue weighted by molar-refractivity contribution is 7.99. The zero-order valence-electron chi connectivity index (χ0n) is 9.70. The first-order valence-corrected chi connectivity index (χ1v) is 6.72. The predicted octanol–water partition coefficient (Wildman–Crippen LogP) is 1.77. The summed E-state index contributed by atoms with van der Waals surface area (Å²) in [6.45, 7) is 7.33. The molecule has 0 unspecified atom stereocenters. The molecule has 0 aromatic heterocycles. The Morgan fingerprint density at radius 1 is 1.40 bits per heavy atom. The minimum absolute atomic E-state index is 0.294. The second-order valence-corrected chi connectivity index (χ2v) is 5.70. The van der Waals surface area contributed by atoms with Crippen molar-refractivity contribution in [3.63, 3.8) is 0 Å². The first-order chi connectivity index (χ1) is 7.20. The topological polar surface area (TPSA) is 29.5 Å². The smallest absolute Gasteiger partial charge is 0.222 e. The highest BCUT2D eigenvalue weighted by Gasteiger charge is 2.15. The summed E-state index contributed by atoms with van der Waals surface area (Å²) in [4.78, 5) is 13.6. The van der Waals surface area contributed by atoms with Gasteiger partial charge in [0.25, 0.3) is 0 Å². The Bertz CT molecular complexity index is 191. The van der Waals surface area contributed by atoms with Crippen LogP contribution in [-0.4, -0.2) is 48.1 Å². The molecule has 1 aliphatic rings. The number of morpholine rings is 1. The number of rotatable bonds is 5. The number of hydrogen-bond donors (Lipinski definition) is 0. The molecule has 0 atom stereocenters. The van der Waals surface area contributed by atoms with Crippen LogP contribution in [0.15, 0.2) is 0 Å². The van der Waals surface area contributed by atoms with E-state index >= 15 is 0 Å². The van der Waals surface area contributed by atoms with E-state index in [0.717, 1.165) is 25.3 Å². The van der Waals surface area contributed by atoms with Gasteiger partial charge in [-0.05, 0) is 17.4 Å². The van der Waals surface area contributed by atoms with Crippen LogP contribution in [0.25, 0.3) is 0 Å². The molecular formula is C11H21NO2S. The van der Waals surface area contributed by atoms with Gasteiger partial charge in [0.05, 0.1) is 13.2 Å². The fourth-order valence-corrected chi connectivity index (χ4v) is 2.30. The third-order valence-electron chi connectivity index (χ3n) is 2.35. The SMILES string of the molecule is CC(C)SCCCC(=O)N1CCOCC1. The molecular weight excluding hydrogens is 210 g/mol. The van der Waals surface area contributed by atoms with Crippen molar-refractivity contribution in [1.82, 2.24) is 4.90 Å². The molecule has 1 rings (SSSR count). The number of ether oxygens (including phenoxy) is 1. The van der Waals surface area contributed by atoms with E-state index in [2.05, 4.69) is 13.8 Å². The zero-order valence-corrected chi connectivity index (χ0v) is 10.5. The van der Waals surface area contributed by atoms with Gasteiger partial charge in [0.15, 0.2) is 0 Å². The summed E-state index contributed by atoms with van der Waals surface area (Å²) >= 11 is 1.92. The van der Waals surface area contributed by atoms with Crippen molar-refractivity contribution in [3.8, 4) is 0 Å². The summed E-state index contributed by atoms with van der Waals surface area (Å²) in [5, 5.41) is 0.670. The summed E-state index contributed by atoms with van der Waals surface area (Å²) in [5.41, 5.74) is 0. The monoisotopic (exact) mass is 231 g/mol. The van der Waals surface area contributed by atoms with Crippen molar-refractivity contribution >= 4 is 17.7 Å². The lowest BCUT2D eigenvalue weighted by molar-refractivity contribution is -0.135. The van der Waals surface area contributed by atoms with E-state index in [1.165, 1.54) is 0 Å². The van der Waals surface area contributed by atoms with Crippen molar-refractivity contribution in [2.45, 2.75) is 31.9 Å². The van der Waals surface area contributed by atoms with E-state index in [4.69, 9.17) is 4.74 Å². The van der Waals surface area contributed by atoms with Gasteiger partial charge in [-0.2, -0.15) is 11.8 Å². The normalized spacial score (nSPS) is 17.1. The van der Waals surface area contributed by atoms with Gasteiger partial charge in [-0.25, -0.2) is 0 Å². The molecule has 0 aromatic carbocycles. The number of carbonyl (C=O) groups excluding carboxylic acids is 1. The molecule has 88 valence electrons. The minimum Gasteiger partial charge on any atom is -0.378 e. The van der Waals surface area contributed by atoms with E-state index in [1.54, 1.807) is 0 Å². The number of nitrogens with zero attached hydrogens (tertiary/aromatic N) is 1. The standard InChI is InChI=1S/C11H21NO2S/c1-10(2)15-9-3-4-11(13)12-5-7-14-8-6-12/h10H,3-9H2,1-2H3. The molecule has 1 aliphatic heterocycles. The van der Waals surface area contributed by atoms with Crippen molar-refractivity contribution in [1.29, 1.82) is 0 Å². The van der Waals surface area contributed by atoms with E-state index in [-0.39, 0.29) is 0 Å². The maximum absolute atomic E-state index is 11.7. The summed E-state index contributed by atoms with van der Waals surface area (Å²) in [6, 6.07) is 0. The van der Waals surface area contributed by atoms with Crippen LogP contribution in [0.2, 0.25) is 0 Å². The van der Waals surface area contributed by atoms with Gasteiger partial charge in [-0.1, -0.05) is 13.8 Å². The van der Waals surface area contributed by atoms with Gasteiger partial charge in [0.2, 0.25) is 5.91 Å². The largest absolute Gasteiger partial charge is 0.378 e. The molecule has 0 N–H and O–H groups in total. The van der Waals surface area contributed by atoms with Gasteiger partial charge in [0, 0.05) is 19.5 Å². The van der Waals surface area contributed by atoms with Crippen LogP contribution in [0.5, 0.6) is 0 Å². The van der Waals surface area contributed by atoms with Gasteiger partial charge in [-0.3, -0.25) is 4.79 Å². The summed E-state index contributed by atoms with van der Waals surface area (Å²) < 4.78 is 5.21. The van der Waals surface area contributed by atoms with Crippen LogP contribution in [0.3, 0.4) is 0 Å². The second kappa shape index (κ2) is 7.12. The zero-order chi connectivity index (χ0) is 11.1. The molecule has 0 spiro atoms. The van der Waals surface area contributed by atoms with Crippen molar-refractivity contribution in [2.24, 2.45) is 0 Å². The first-order valence-electron chi connectivity index (χ1n) is 5.67. The lowest BCUT2D eigenvalue weighted by Gasteiger charge is -2.26. The molecule has 0 saturated carbocycles. The molecule has 4 heteroatoms. The number of carbonyl (C=O) groups is 1. The Hall–Kier alpha value is -0.220. The number of hydrogen-bond acceptors (Lipinski definition) is 3. The van der Waals surface area contributed by atoms with E-state index < -0.39 is 0 Å². The molecule has 0 radical (unpaired) electrons. The van der Waals surface area contributed by atoms with Gasteiger partial charge in [0.1, 0.15) is 0 Å². The fourth-order valence-electron chi connectivity index (χ4n) is 1.51. The maximum Gasteiger partial charge on any atom is 0.222 e. The maximum atomic E-state index is 11.7. The molecule has 0 bridgehead atoms. The van der Waals surface area contributed by atoms with Crippen LogP contribution in [0.4, 0.5) is 0 Å². The van der Waals surface area contributed by atoms with Gasteiger partial charge < -0.3 is 9.64 Å². The lowest BCUT2D eigenvalue weighted by Crippen LogP contribution is -2.40. The lowest BCUT2D eigenvalue weighted by atomic mass is 10.3.